The number of benzene rings is 2. The van der Waals surface area contributed by atoms with Gasteiger partial charge >= 0.3 is 0 Å². The quantitative estimate of drug-likeness (QED) is 0.465. The van der Waals surface area contributed by atoms with Crippen LogP contribution < -0.4 is 20.1 Å². The van der Waals surface area contributed by atoms with Crippen LogP contribution in [0.1, 0.15) is 5.56 Å². The molecule has 0 aliphatic carbocycles. The van der Waals surface area contributed by atoms with Crippen LogP contribution in [0, 0.1) is 5.82 Å². The normalized spacial score (nSPS) is 11.0. The highest BCUT2D eigenvalue weighted by Crippen LogP contribution is 2.17. The van der Waals surface area contributed by atoms with E-state index in [2.05, 4.69) is 15.6 Å². The second-order valence-corrected chi connectivity index (χ2v) is 4.98. The number of guanidine groups is 1. The molecule has 0 aliphatic rings. The molecule has 0 unspecified atom stereocenters. The van der Waals surface area contributed by atoms with Crippen LogP contribution in [0.25, 0.3) is 0 Å². The van der Waals surface area contributed by atoms with Crippen molar-refractivity contribution >= 4 is 5.96 Å². The van der Waals surface area contributed by atoms with Crippen LogP contribution in [0.2, 0.25) is 0 Å². The summed E-state index contributed by atoms with van der Waals surface area (Å²) in [4.78, 5) is 4.12. The monoisotopic (exact) mass is 331 g/mol. The van der Waals surface area contributed by atoms with Crippen LogP contribution in [0.3, 0.4) is 0 Å². The number of hydrogen-bond donors (Lipinski definition) is 2. The van der Waals surface area contributed by atoms with Crippen molar-refractivity contribution < 1.29 is 13.9 Å². The number of para-hydroxylation sites is 1. The van der Waals surface area contributed by atoms with E-state index in [0.29, 0.717) is 25.7 Å². The number of nitrogens with one attached hydrogen (secondary N) is 2. The van der Waals surface area contributed by atoms with E-state index in [1.807, 2.05) is 30.3 Å². The van der Waals surface area contributed by atoms with E-state index in [9.17, 15) is 4.39 Å². The first-order valence-corrected chi connectivity index (χ1v) is 7.67. The molecule has 0 bridgehead atoms. The van der Waals surface area contributed by atoms with Gasteiger partial charge in [0.05, 0.1) is 13.7 Å². The zero-order chi connectivity index (χ0) is 17.2. The van der Waals surface area contributed by atoms with Crippen molar-refractivity contribution in [3.63, 3.8) is 0 Å². The molecule has 2 aromatic carbocycles. The van der Waals surface area contributed by atoms with E-state index in [4.69, 9.17) is 9.47 Å². The van der Waals surface area contributed by atoms with Gasteiger partial charge in [0.25, 0.3) is 0 Å². The van der Waals surface area contributed by atoms with Gasteiger partial charge in [-0.1, -0.05) is 24.3 Å². The lowest BCUT2D eigenvalue weighted by molar-refractivity contribution is 0.322. The topological polar surface area (TPSA) is 54.9 Å². The SMILES string of the molecule is CN=C(NCCOc1ccccc1)NCc1ccc(OC)c(F)c1. The Balaban J connectivity index is 1.73. The lowest BCUT2D eigenvalue weighted by atomic mass is 10.2. The summed E-state index contributed by atoms with van der Waals surface area (Å²) < 4.78 is 24.2. The van der Waals surface area contributed by atoms with E-state index >= 15 is 0 Å². The lowest BCUT2D eigenvalue weighted by Gasteiger charge is -2.13. The average Bonchev–Trinajstić information content (AvgIpc) is 2.62. The van der Waals surface area contributed by atoms with Gasteiger partial charge in [-0.3, -0.25) is 4.99 Å². The maximum absolute atomic E-state index is 13.7. The Kier molecular flexibility index (Phi) is 6.89. The standard InChI is InChI=1S/C18H22FN3O2/c1-20-18(21-10-11-24-15-6-4-3-5-7-15)22-13-14-8-9-17(23-2)16(19)12-14/h3-9,12H,10-11,13H2,1-2H3,(H2,20,21,22). The van der Waals surface area contributed by atoms with E-state index in [1.165, 1.54) is 13.2 Å². The molecule has 0 spiro atoms. The Hall–Kier alpha value is -2.76. The van der Waals surface area contributed by atoms with Crippen LogP contribution >= 0.6 is 0 Å². The van der Waals surface area contributed by atoms with Crippen LogP contribution in [0.15, 0.2) is 53.5 Å². The fourth-order valence-electron chi connectivity index (χ4n) is 2.08. The molecular formula is C18H22FN3O2. The predicted octanol–water partition coefficient (Wildman–Crippen LogP) is 2.58. The molecule has 0 saturated carbocycles. The smallest absolute Gasteiger partial charge is 0.191 e. The van der Waals surface area contributed by atoms with Gasteiger partial charge in [-0.2, -0.15) is 0 Å². The van der Waals surface area contributed by atoms with E-state index in [-0.39, 0.29) is 11.6 Å². The van der Waals surface area contributed by atoms with Crippen molar-refractivity contribution in [2.75, 3.05) is 27.3 Å². The molecule has 0 aliphatic heterocycles. The van der Waals surface area contributed by atoms with Gasteiger partial charge in [-0.05, 0) is 29.8 Å². The minimum Gasteiger partial charge on any atom is -0.494 e. The molecule has 0 aromatic heterocycles. The number of hydrogen-bond acceptors (Lipinski definition) is 3. The lowest BCUT2D eigenvalue weighted by Crippen LogP contribution is -2.38. The third kappa shape index (κ3) is 5.46. The summed E-state index contributed by atoms with van der Waals surface area (Å²) >= 11 is 0. The molecule has 6 heteroatoms. The van der Waals surface area contributed by atoms with Gasteiger partial charge in [0.2, 0.25) is 0 Å². The number of halogens is 1. The molecule has 128 valence electrons. The summed E-state index contributed by atoms with van der Waals surface area (Å²) in [7, 11) is 3.13. The van der Waals surface area contributed by atoms with Crippen molar-refractivity contribution in [1.82, 2.24) is 10.6 Å². The van der Waals surface area contributed by atoms with E-state index in [1.54, 1.807) is 19.2 Å². The molecular weight excluding hydrogens is 309 g/mol. The molecule has 2 N–H and O–H groups in total. The fraction of sp³-hybridized carbons (Fsp3) is 0.278. The highest BCUT2D eigenvalue weighted by atomic mass is 19.1. The first kappa shape index (κ1) is 17.6. The summed E-state index contributed by atoms with van der Waals surface area (Å²) in [6, 6.07) is 14.5. The molecule has 5 nitrogen and oxygen atoms in total. The van der Waals surface area contributed by atoms with Gasteiger partial charge in [0.15, 0.2) is 17.5 Å². The number of methoxy groups -OCH3 is 1. The second-order valence-electron chi connectivity index (χ2n) is 4.98. The summed E-state index contributed by atoms with van der Waals surface area (Å²) in [5.41, 5.74) is 0.803. The van der Waals surface area contributed by atoms with Crippen molar-refractivity contribution in [3.8, 4) is 11.5 Å². The van der Waals surface area contributed by atoms with Crippen molar-refractivity contribution in [2.45, 2.75) is 6.54 Å². The van der Waals surface area contributed by atoms with E-state index < -0.39 is 0 Å². The molecule has 24 heavy (non-hydrogen) atoms. The number of rotatable bonds is 7. The molecule has 0 saturated heterocycles. The van der Waals surface area contributed by atoms with Crippen LogP contribution in [-0.2, 0) is 6.54 Å². The molecule has 0 heterocycles. The highest BCUT2D eigenvalue weighted by molar-refractivity contribution is 5.79. The molecule has 0 amide bonds. The third-order valence-electron chi connectivity index (χ3n) is 3.31. The maximum Gasteiger partial charge on any atom is 0.191 e. The minimum absolute atomic E-state index is 0.235. The largest absolute Gasteiger partial charge is 0.494 e. The Morgan fingerprint density at radius 1 is 1.12 bits per heavy atom. The average molecular weight is 331 g/mol. The predicted molar refractivity (Wildman–Crippen MR) is 93.1 cm³/mol. The number of aliphatic imine (C=N–C) groups is 1. The zero-order valence-electron chi connectivity index (χ0n) is 13.9. The number of ether oxygens (including phenoxy) is 2. The third-order valence-corrected chi connectivity index (χ3v) is 3.31. The van der Waals surface area contributed by atoms with Gasteiger partial charge in [-0.15, -0.1) is 0 Å². The van der Waals surface area contributed by atoms with Crippen LogP contribution in [-0.4, -0.2) is 33.3 Å². The zero-order valence-corrected chi connectivity index (χ0v) is 13.9. The van der Waals surface area contributed by atoms with Gasteiger partial charge in [0, 0.05) is 13.6 Å². The summed E-state index contributed by atoms with van der Waals surface area (Å²) in [5.74, 6) is 1.31. The first-order valence-electron chi connectivity index (χ1n) is 7.67. The van der Waals surface area contributed by atoms with Crippen LogP contribution in [0.5, 0.6) is 11.5 Å². The van der Waals surface area contributed by atoms with Crippen molar-refractivity contribution in [1.29, 1.82) is 0 Å². The highest BCUT2D eigenvalue weighted by Gasteiger charge is 2.04. The molecule has 0 atom stereocenters. The van der Waals surface area contributed by atoms with Crippen LogP contribution in [0.4, 0.5) is 4.39 Å². The van der Waals surface area contributed by atoms with Crippen molar-refractivity contribution in [2.24, 2.45) is 4.99 Å². The minimum atomic E-state index is -0.379. The Labute approximate surface area is 141 Å². The van der Waals surface area contributed by atoms with Gasteiger partial charge in [-0.25, -0.2) is 4.39 Å². The second kappa shape index (κ2) is 9.39. The fourth-order valence-corrected chi connectivity index (χ4v) is 2.08. The van der Waals surface area contributed by atoms with Gasteiger partial charge < -0.3 is 20.1 Å². The summed E-state index contributed by atoms with van der Waals surface area (Å²) in [6.45, 7) is 1.58. The Morgan fingerprint density at radius 2 is 1.92 bits per heavy atom. The molecule has 2 rings (SSSR count). The molecule has 0 fully saturated rings. The maximum atomic E-state index is 13.7. The Bertz CT molecular complexity index is 663. The molecule has 0 radical (unpaired) electrons. The molecule has 2 aromatic rings. The van der Waals surface area contributed by atoms with Crippen molar-refractivity contribution in [3.05, 3.63) is 59.9 Å². The van der Waals surface area contributed by atoms with E-state index in [0.717, 1.165) is 11.3 Å². The van der Waals surface area contributed by atoms with Gasteiger partial charge in [0.1, 0.15) is 12.4 Å². The first-order chi connectivity index (χ1) is 11.7. The summed E-state index contributed by atoms with van der Waals surface area (Å²) in [6.07, 6.45) is 0. The number of nitrogens with zero attached hydrogens (tertiary/aromatic N) is 1. The summed E-state index contributed by atoms with van der Waals surface area (Å²) in [5, 5.41) is 6.27. The Morgan fingerprint density at radius 3 is 2.58 bits per heavy atom.